The molecule has 3 rings (SSSR count). The van der Waals surface area contributed by atoms with Crippen molar-refractivity contribution in [1.29, 1.82) is 0 Å². The molecule has 1 saturated heterocycles. The molecule has 0 saturated carbocycles. The minimum absolute atomic E-state index is 0.0485. The number of halogens is 2. The van der Waals surface area contributed by atoms with Gasteiger partial charge in [0.05, 0.1) is 5.75 Å². The number of hydrogen-bond acceptors (Lipinski definition) is 6. The SMILES string of the molecule is CCCNC(=O)CSc1nc(Cl)cc(N2CCN(C(=O)Nc3cccc(Cl)c3)[C@H](C)C2)n1. The molecular formula is C21H26Cl2N6O2S. The molecule has 0 aliphatic carbocycles. The predicted molar refractivity (Wildman–Crippen MR) is 130 cm³/mol. The number of amides is 3. The average Bonchev–Trinajstić information content (AvgIpc) is 2.75. The number of rotatable bonds is 7. The van der Waals surface area contributed by atoms with Gasteiger partial charge in [-0.05, 0) is 31.5 Å². The number of nitrogens with zero attached hydrogens (tertiary/aromatic N) is 4. The molecule has 8 nitrogen and oxygen atoms in total. The van der Waals surface area contributed by atoms with Crippen molar-refractivity contribution in [2.75, 3.05) is 42.1 Å². The number of piperazine rings is 1. The number of thioether (sulfide) groups is 1. The minimum Gasteiger partial charge on any atom is -0.355 e. The number of nitrogens with one attached hydrogen (secondary N) is 2. The van der Waals surface area contributed by atoms with E-state index in [1.165, 1.54) is 11.8 Å². The zero-order chi connectivity index (χ0) is 23.1. The summed E-state index contributed by atoms with van der Waals surface area (Å²) in [4.78, 5) is 37.2. The van der Waals surface area contributed by atoms with Crippen LogP contribution >= 0.6 is 35.0 Å². The molecule has 32 heavy (non-hydrogen) atoms. The van der Waals surface area contributed by atoms with Gasteiger partial charge in [0.1, 0.15) is 11.0 Å². The molecule has 11 heteroatoms. The van der Waals surface area contributed by atoms with Crippen LogP contribution in [-0.2, 0) is 4.79 Å². The van der Waals surface area contributed by atoms with Gasteiger partial charge in [-0.1, -0.05) is 48.0 Å². The number of carbonyl (C=O) groups is 2. The summed E-state index contributed by atoms with van der Waals surface area (Å²) in [6, 6.07) is 8.55. The Labute approximate surface area is 202 Å². The van der Waals surface area contributed by atoms with Crippen molar-refractivity contribution in [1.82, 2.24) is 20.2 Å². The molecule has 0 spiro atoms. The van der Waals surface area contributed by atoms with Gasteiger partial charge in [0.15, 0.2) is 5.16 Å². The van der Waals surface area contributed by atoms with E-state index in [9.17, 15) is 9.59 Å². The minimum atomic E-state index is -0.172. The fourth-order valence-electron chi connectivity index (χ4n) is 3.29. The van der Waals surface area contributed by atoms with Gasteiger partial charge in [-0.2, -0.15) is 0 Å². The highest BCUT2D eigenvalue weighted by Crippen LogP contribution is 2.24. The van der Waals surface area contributed by atoms with E-state index in [4.69, 9.17) is 23.2 Å². The third kappa shape index (κ3) is 6.88. The van der Waals surface area contributed by atoms with Crippen LogP contribution in [0, 0.1) is 0 Å². The number of benzene rings is 1. The lowest BCUT2D eigenvalue weighted by atomic mass is 10.2. The lowest BCUT2D eigenvalue weighted by Gasteiger charge is -2.40. The smallest absolute Gasteiger partial charge is 0.322 e. The van der Waals surface area contributed by atoms with Gasteiger partial charge in [0.2, 0.25) is 5.91 Å². The molecule has 1 aliphatic rings. The largest absolute Gasteiger partial charge is 0.355 e. The van der Waals surface area contributed by atoms with E-state index in [1.54, 1.807) is 35.2 Å². The topological polar surface area (TPSA) is 90.5 Å². The van der Waals surface area contributed by atoms with Crippen LogP contribution < -0.4 is 15.5 Å². The molecule has 2 aromatic rings. The second-order valence-electron chi connectivity index (χ2n) is 7.40. The van der Waals surface area contributed by atoms with Crippen molar-refractivity contribution in [3.8, 4) is 0 Å². The Bertz CT molecular complexity index is 964. The van der Waals surface area contributed by atoms with Crippen LogP contribution in [0.3, 0.4) is 0 Å². The summed E-state index contributed by atoms with van der Waals surface area (Å²) >= 11 is 13.5. The van der Waals surface area contributed by atoms with E-state index in [2.05, 4.69) is 25.5 Å². The Kier molecular flexibility index (Phi) is 8.84. The van der Waals surface area contributed by atoms with E-state index in [-0.39, 0.29) is 23.7 Å². The molecular weight excluding hydrogens is 471 g/mol. The summed E-state index contributed by atoms with van der Waals surface area (Å²) in [5.74, 6) is 0.853. The summed E-state index contributed by atoms with van der Waals surface area (Å²) in [7, 11) is 0. The van der Waals surface area contributed by atoms with Gasteiger partial charge in [-0.3, -0.25) is 4.79 Å². The van der Waals surface area contributed by atoms with E-state index < -0.39 is 0 Å². The first-order valence-electron chi connectivity index (χ1n) is 10.4. The molecule has 0 radical (unpaired) electrons. The number of aromatic nitrogens is 2. The van der Waals surface area contributed by atoms with E-state index in [1.807, 2.05) is 13.8 Å². The van der Waals surface area contributed by atoms with Gasteiger partial charge in [0.25, 0.3) is 0 Å². The Morgan fingerprint density at radius 2 is 2.03 bits per heavy atom. The summed E-state index contributed by atoms with van der Waals surface area (Å²) in [6.45, 7) is 6.35. The maximum atomic E-state index is 12.7. The summed E-state index contributed by atoms with van der Waals surface area (Å²) in [6.07, 6.45) is 0.884. The lowest BCUT2D eigenvalue weighted by molar-refractivity contribution is -0.118. The third-order valence-corrected chi connectivity index (χ3v) is 6.13. The monoisotopic (exact) mass is 496 g/mol. The molecule has 1 aromatic heterocycles. The maximum absolute atomic E-state index is 12.7. The molecule has 3 amide bonds. The zero-order valence-corrected chi connectivity index (χ0v) is 20.3. The number of carbonyl (C=O) groups excluding carboxylic acids is 2. The molecule has 1 aromatic carbocycles. The van der Waals surface area contributed by atoms with Crippen LogP contribution in [0.15, 0.2) is 35.5 Å². The van der Waals surface area contributed by atoms with Crippen molar-refractivity contribution >= 4 is 58.4 Å². The van der Waals surface area contributed by atoms with E-state index in [0.29, 0.717) is 53.0 Å². The molecule has 2 heterocycles. The fourth-order valence-corrected chi connectivity index (χ4v) is 4.39. The van der Waals surface area contributed by atoms with Gasteiger partial charge >= 0.3 is 6.03 Å². The third-order valence-electron chi connectivity index (χ3n) is 4.85. The zero-order valence-electron chi connectivity index (χ0n) is 18.0. The second-order valence-corrected chi connectivity index (χ2v) is 9.17. The van der Waals surface area contributed by atoms with Gasteiger partial charge < -0.3 is 20.4 Å². The predicted octanol–water partition coefficient (Wildman–Crippen LogP) is 4.14. The van der Waals surface area contributed by atoms with Crippen LogP contribution in [0.2, 0.25) is 10.2 Å². The Balaban J connectivity index is 1.60. The first kappa shape index (κ1) is 24.4. The first-order valence-corrected chi connectivity index (χ1v) is 12.1. The Morgan fingerprint density at radius 1 is 1.22 bits per heavy atom. The number of hydrogen-bond donors (Lipinski definition) is 2. The maximum Gasteiger partial charge on any atom is 0.322 e. The van der Waals surface area contributed by atoms with Crippen molar-refractivity contribution in [2.24, 2.45) is 0 Å². The molecule has 0 unspecified atom stereocenters. The summed E-state index contributed by atoms with van der Waals surface area (Å²) in [5.41, 5.74) is 0.657. The van der Waals surface area contributed by atoms with Crippen LogP contribution in [0.4, 0.5) is 16.3 Å². The highest BCUT2D eigenvalue weighted by atomic mass is 35.5. The van der Waals surface area contributed by atoms with E-state index >= 15 is 0 Å². The van der Waals surface area contributed by atoms with Crippen LogP contribution in [0.5, 0.6) is 0 Å². The van der Waals surface area contributed by atoms with Crippen LogP contribution in [0.1, 0.15) is 20.3 Å². The quantitative estimate of drug-likeness (QED) is 0.340. The van der Waals surface area contributed by atoms with Gasteiger partial charge in [0, 0.05) is 49.0 Å². The van der Waals surface area contributed by atoms with Crippen molar-refractivity contribution in [3.63, 3.8) is 0 Å². The van der Waals surface area contributed by atoms with Crippen molar-refractivity contribution < 1.29 is 9.59 Å². The standard InChI is InChI=1S/C21H26Cl2N6O2S/c1-3-7-24-19(30)13-32-20-26-17(23)11-18(27-20)28-8-9-29(14(2)12-28)21(31)25-16-6-4-5-15(22)10-16/h4-6,10-11,14H,3,7-9,12-13H2,1-2H3,(H,24,30)(H,25,31)/t14-/m1/s1. The molecule has 1 atom stereocenters. The Hall–Kier alpha value is -2.23. The van der Waals surface area contributed by atoms with Gasteiger partial charge in [-0.15, -0.1) is 0 Å². The molecule has 1 aliphatic heterocycles. The van der Waals surface area contributed by atoms with Crippen molar-refractivity contribution in [3.05, 3.63) is 40.5 Å². The highest BCUT2D eigenvalue weighted by Gasteiger charge is 2.28. The molecule has 1 fully saturated rings. The van der Waals surface area contributed by atoms with Crippen LogP contribution in [-0.4, -0.2) is 64.8 Å². The first-order chi connectivity index (χ1) is 15.4. The number of anilines is 2. The molecule has 2 N–H and O–H groups in total. The molecule has 0 bridgehead atoms. The fraction of sp³-hybridized carbons (Fsp3) is 0.429. The van der Waals surface area contributed by atoms with E-state index in [0.717, 1.165) is 6.42 Å². The average molecular weight is 497 g/mol. The highest BCUT2D eigenvalue weighted by molar-refractivity contribution is 7.99. The van der Waals surface area contributed by atoms with Gasteiger partial charge in [-0.25, -0.2) is 14.8 Å². The number of urea groups is 1. The lowest BCUT2D eigenvalue weighted by Crippen LogP contribution is -2.55. The van der Waals surface area contributed by atoms with Crippen molar-refractivity contribution in [2.45, 2.75) is 31.5 Å². The van der Waals surface area contributed by atoms with Crippen LogP contribution in [0.25, 0.3) is 0 Å². The second kappa shape index (κ2) is 11.6. The summed E-state index contributed by atoms with van der Waals surface area (Å²) in [5, 5.41) is 7.06. The Morgan fingerprint density at radius 3 is 2.75 bits per heavy atom. The normalized spacial score (nSPS) is 16.1. The molecule has 172 valence electrons. The summed E-state index contributed by atoms with van der Waals surface area (Å²) < 4.78 is 0.